The number of hydrogen-bond donors (Lipinski definition) is 14. The molecule has 22 nitrogen and oxygen atoms in total. The van der Waals surface area contributed by atoms with Crippen molar-refractivity contribution in [1.82, 2.24) is 5.48 Å². The van der Waals surface area contributed by atoms with Crippen molar-refractivity contribution in [3.8, 4) is 0 Å². The van der Waals surface area contributed by atoms with E-state index in [0.29, 0.717) is 0 Å². The highest BCUT2D eigenvalue weighted by atomic mass is 16.7. The highest BCUT2D eigenvalue weighted by Crippen LogP contribution is 2.39. The number of carbonyl (C=O) groups excluding carboxylic acids is 2. The number of allylic oxidation sites excluding steroid dienone is 12. The second-order valence-corrected chi connectivity index (χ2v) is 21.2. The first-order valence-electron chi connectivity index (χ1n) is 26.2. The van der Waals surface area contributed by atoms with E-state index in [-0.39, 0.29) is 38.0 Å². The molecule has 15 N–H and O–H groups in total. The lowest BCUT2D eigenvalue weighted by molar-refractivity contribution is -0.307. The second-order valence-electron chi connectivity index (χ2n) is 21.2. The minimum atomic E-state index is -2.35. The van der Waals surface area contributed by atoms with Gasteiger partial charge in [0.05, 0.1) is 97.7 Å². The zero-order valence-electron chi connectivity index (χ0n) is 44.3. The number of hydroxylamine groups is 1. The number of fused-ring (bicyclic) bond motifs is 2. The van der Waals surface area contributed by atoms with Crippen molar-refractivity contribution in [2.45, 2.75) is 221 Å². The maximum absolute atomic E-state index is 13.3. The van der Waals surface area contributed by atoms with Crippen molar-refractivity contribution >= 4 is 11.9 Å². The van der Waals surface area contributed by atoms with E-state index >= 15 is 0 Å². The van der Waals surface area contributed by atoms with E-state index in [4.69, 9.17) is 34.2 Å². The lowest BCUT2D eigenvalue weighted by Crippen LogP contribution is -2.62. The van der Waals surface area contributed by atoms with E-state index in [1.54, 1.807) is 69.4 Å². The molecule has 22 heteroatoms. The Bertz CT molecular complexity index is 1990. The molecule has 0 aromatic carbocycles. The summed E-state index contributed by atoms with van der Waals surface area (Å²) in [4.78, 5) is 26.3. The number of cyclic esters (lactones) is 1. The number of ether oxygens (including phenoxy) is 6. The fraction of sp³-hybridized carbons (Fsp3) is 0.704. The van der Waals surface area contributed by atoms with Crippen molar-refractivity contribution in [3.05, 3.63) is 85.1 Å². The van der Waals surface area contributed by atoms with Gasteiger partial charge >= 0.3 is 5.97 Å². The van der Waals surface area contributed by atoms with Gasteiger partial charge in [-0.15, -0.1) is 0 Å². The Kier molecular flexibility index (Phi) is 26.2. The van der Waals surface area contributed by atoms with Gasteiger partial charge in [0.15, 0.2) is 18.4 Å². The van der Waals surface area contributed by atoms with Gasteiger partial charge in [0.1, 0.15) is 17.8 Å². The summed E-state index contributed by atoms with van der Waals surface area (Å²) in [6.07, 6.45) is 0.237. The molecule has 4 rings (SSSR count). The first-order valence-corrected chi connectivity index (χ1v) is 26.2. The van der Waals surface area contributed by atoms with Crippen molar-refractivity contribution in [3.63, 3.8) is 0 Å². The third-order valence-electron chi connectivity index (χ3n) is 14.5. The first kappa shape index (κ1) is 64.9. The molecule has 76 heavy (non-hydrogen) atoms. The molecular formula is C54H86N2O20. The van der Waals surface area contributed by atoms with Gasteiger partial charge in [-0.25, -0.2) is 5.48 Å². The predicted molar refractivity (Wildman–Crippen MR) is 274 cm³/mol. The van der Waals surface area contributed by atoms with Gasteiger partial charge in [-0.2, -0.15) is 0 Å². The number of aliphatic hydroxyl groups is 11. The molecule has 3 saturated heterocycles. The fourth-order valence-corrected chi connectivity index (χ4v) is 9.75. The van der Waals surface area contributed by atoms with E-state index < -0.39 is 171 Å². The Labute approximate surface area is 445 Å². The quantitative estimate of drug-likeness (QED) is 0.101. The van der Waals surface area contributed by atoms with Crippen molar-refractivity contribution in [2.24, 2.45) is 23.5 Å². The molecule has 1 unspecified atom stereocenters. The predicted octanol–water partition coefficient (Wildman–Crippen LogP) is 0.404. The van der Waals surface area contributed by atoms with Crippen LogP contribution in [0.25, 0.3) is 0 Å². The second kappa shape index (κ2) is 30.7. The van der Waals surface area contributed by atoms with Crippen LogP contribution >= 0.6 is 0 Å². The van der Waals surface area contributed by atoms with Gasteiger partial charge in [0.2, 0.25) is 0 Å². The number of nitrogens with two attached hydrogens (primary N) is 1. The number of esters is 1. The summed E-state index contributed by atoms with van der Waals surface area (Å²) in [6.45, 7) is 10.3. The summed E-state index contributed by atoms with van der Waals surface area (Å²) < 4.78 is 36.1. The standard InChI is InChI=1S/C54H86N2O20/c1-30-19-17-15-13-11-9-7-8-10-12-14-16-18-20-37(73-52-49(67)46(55)48(66)33(4)72-52)26-42-45(51(68)56-70)41(63)29-54(69,75-42)28-36(59)24-39(61)38(60)22-21-34(57)23-35(58)25-43(64)76-53(5,6)31(2)50(30)74-44-27-40(62)47(65)32(3)71-44/h7-20,30-42,44-50,52,57-63,65-67,69-70H,21-29,55H2,1-6H3,(H,56,68)/b8-7+,11-9+,12-10+,15-13+,16-14+,19-17+,20-18+/t30-,31+,32-,33+,34+,35+,36-,37-,38+,39+,40+,41-,42-,44?,45+,46-,47-,48+,49-,50+,52-,54+/m0/s1. The monoisotopic (exact) mass is 1080 g/mol. The molecular weight excluding hydrogens is 997 g/mol. The van der Waals surface area contributed by atoms with E-state index in [1.165, 1.54) is 18.5 Å². The fourth-order valence-electron chi connectivity index (χ4n) is 9.75. The van der Waals surface area contributed by atoms with Gasteiger partial charge < -0.3 is 90.3 Å². The van der Waals surface area contributed by atoms with Gasteiger partial charge in [0, 0.05) is 43.9 Å². The smallest absolute Gasteiger partial charge is 0.308 e. The van der Waals surface area contributed by atoms with Crippen LogP contribution < -0.4 is 11.2 Å². The Morgan fingerprint density at radius 3 is 1.82 bits per heavy atom. The zero-order chi connectivity index (χ0) is 56.5. The summed E-state index contributed by atoms with van der Waals surface area (Å²) in [5, 5.41) is 129. The molecule has 0 saturated carbocycles. The number of aliphatic hydroxyl groups excluding tert-OH is 10. The minimum absolute atomic E-state index is 0.00341. The SMILES string of the molecule is C[C@@H]1OC(O[C@H]2[C@@H](C)C(C)(C)OC(=O)C[C@H](O)C[C@H](O)CC[C@@H](O)[C@H](O)C[C@H](O)C[C@]3(O)C[C@H](O)[C@@H](C(=O)NO)[C@H](C[C@@H](O[C@@H]4O[C@H](C)[C@@H](O)[C@H](N)[C@@H]4O)/C=C/C=C/C=C/C=C/C=C/C=C/C=C/[C@@H]2C)O3)C[C@@H](O)[C@H]1O. The van der Waals surface area contributed by atoms with E-state index in [9.17, 15) is 71.0 Å². The molecule has 0 aromatic rings. The summed E-state index contributed by atoms with van der Waals surface area (Å²) in [5.41, 5.74) is 6.38. The van der Waals surface area contributed by atoms with Crippen LogP contribution in [0.5, 0.6) is 0 Å². The first-order chi connectivity index (χ1) is 35.7. The molecule has 2 bridgehead atoms. The maximum atomic E-state index is 13.3. The number of rotatable bonds is 5. The third kappa shape index (κ3) is 19.9. The number of hydrogen-bond acceptors (Lipinski definition) is 21. The molecule has 4 aliphatic rings. The van der Waals surface area contributed by atoms with E-state index in [0.717, 1.165) is 0 Å². The topological polar surface area (TPSA) is 370 Å². The molecule has 1 amide bonds. The molecule has 0 spiro atoms. The number of carbonyl (C=O) groups is 2. The van der Waals surface area contributed by atoms with Crippen LogP contribution in [0, 0.1) is 17.8 Å². The van der Waals surface area contributed by atoms with Crippen LogP contribution in [0.3, 0.4) is 0 Å². The van der Waals surface area contributed by atoms with E-state index in [2.05, 4.69) is 0 Å². The molecule has 4 heterocycles. The lowest BCUT2D eigenvalue weighted by Gasteiger charge is -2.45. The van der Waals surface area contributed by atoms with Crippen molar-refractivity contribution < 1.29 is 99.4 Å². The van der Waals surface area contributed by atoms with Crippen molar-refractivity contribution in [2.75, 3.05) is 0 Å². The van der Waals surface area contributed by atoms with Crippen LogP contribution in [0.4, 0.5) is 0 Å². The van der Waals surface area contributed by atoms with Crippen LogP contribution in [-0.4, -0.2) is 195 Å². The van der Waals surface area contributed by atoms with Crippen LogP contribution in [0.2, 0.25) is 0 Å². The summed E-state index contributed by atoms with van der Waals surface area (Å²) >= 11 is 0. The third-order valence-corrected chi connectivity index (χ3v) is 14.5. The average molecular weight is 1080 g/mol. The summed E-state index contributed by atoms with van der Waals surface area (Å²) in [7, 11) is 0. The average Bonchev–Trinajstić information content (AvgIpc) is 3.33. The molecule has 22 atom stereocenters. The molecule has 0 aliphatic carbocycles. The Balaban J connectivity index is 1.60. The highest BCUT2D eigenvalue weighted by Gasteiger charge is 2.51. The van der Waals surface area contributed by atoms with Crippen LogP contribution in [-0.2, 0) is 38.0 Å². The van der Waals surface area contributed by atoms with E-state index in [1.807, 2.05) is 44.2 Å². The highest BCUT2D eigenvalue weighted by molar-refractivity contribution is 5.78. The Morgan fingerprint density at radius 2 is 1.22 bits per heavy atom. The molecule has 0 radical (unpaired) electrons. The van der Waals surface area contributed by atoms with Gasteiger partial charge in [-0.05, 0) is 47.0 Å². The van der Waals surface area contributed by atoms with Gasteiger partial charge in [0.25, 0.3) is 5.91 Å². The van der Waals surface area contributed by atoms with Gasteiger partial charge in [-0.1, -0.05) is 98.9 Å². The molecule has 3 fully saturated rings. The number of amides is 1. The zero-order valence-corrected chi connectivity index (χ0v) is 44.3. The molecule has 0 aromatic heterocycles. The lowest BCUT2D eigenvalue weighted by atomic mass is 9.81. The van der Waals surface area contributed by atoms with Gasteiger partial charge in [-0.3, -0.25) is 14.8 Å². The van der Waals surface area contributed by atoms with Crippen molar-refractivity contribution in [1.29, 1.82) is 0 Å². The molecule has 4 aliphatic heterocycles. The summed E-state index contributed by atoms with van der Waals surface area (Å²) in [6, 6.07) is -1.17. The maximum Gasteiger partial charge on any atom is 0.308 e. The minimum Gasteiger partial charge on any atom is -0.459 e. The Hall–Kier alpha value is -3.60. The van der Waals surface area contributed by atoms with Crippen LogP contribution in [0.1, 0.15) is 99.3 Å². The number of nitrogens with one attached hydrogen (secondary N) is 1. The summed E-state index contributed by atoms with van der Waals surface area (Å²) in [5.74, 6) is -6.49. The van der Waals surface area contributed by atoms with Crippen LogP contribution in [0.15, 0.2) is 85.1 Å². The normalized spacial score (nSPS) is 45.5. The Morgan fingerprint density at radius 1 is 0.645 bits per heavy atom. The molecule has 432 valence electrons. The largest absolute Gasteiger partial charge is 0.459 e.